The fraction of sp³-hybridized carbons (Fsp3) is 0.455. The molecule has 0 radical (unpaired) electrons. The molecule has 0 saturated heterocycles. The van der Waals surface area contributed by atoms with E-state index >= 15 is 0 Å². The summed E-state index contributed by atoms with van der Waals surface area (Å²) in [5, 5.41) is -0.430. The summed E-state index contributed by atoms with van der Waals surface area (Å²) in [5.74, 6) is 0. The largest absolute Gasteiger partial charge is 0.283 e. The SMILES string of the molecule is CCc1cc(Br)ccc1NS(=O)(=O)C(C)C. The van der Waals surface area contributed by atoms with E-state index < -0.39 is 15.3 Å². The Bertz CT molecular complexity index is 469. The molecule has 1 aromatic rings. The number of halogens is 1. The molecular formula is C11H16BrNO2S. The van der Waals surface area contributed by atoms with Gasteiger partial charge in [-0.2, -0.15) is 0 Å². The molecule has 0 heterocycles. The molecule has 1 aromatic carbocycles. The summed E-state index contributed by atoms with van der Waals surface area (Å²) in [5.41, 5.74) is 1.65. The van der Waals surface area contributed by atoms with Gasteiger partial charge in [0.1, 0.15) is 0 Å². The minimum absolute atomic E-state index is 0.430. The van der Waals surface area contributed by atoms with Gasteiger partial charge >= 0.3 is 0 Å². The first-order valence-electron chi connectivity index (χ1n) is 5.17. The molecule has 0 atom stereocenters. The molecule has 90 valence electrons. The average Bonchev–Trinajstić information content (AvgIpc) is 2.20. The van der Waals surface area contributed by atoms with E-state index in [-0.39, 0.29) is 0 Å². The number of nitrogens with one attached hydrogen (secondary N) is 1. The second kappa shape index (κ2) is 5.19. The fourth-order valence-corrected chi connectivity index (χ4v) is 2.38. The highest BCUT2D eigenvalue weighted by molar-refractivity contribution is 9.10. The van der Waals surface area contributed by atoms with Crippen molar-refractivity contribution in [1.82, 2.24) is 0 Å². The fourth-order valence-electron chi connectivity index (χ4n) is 1.23. The summed E-state index contributed by atoms with van der Waals surface area (Å²) in [7, 11) is -3.26. The zero-order chi connectivity index (χ0) is 12.3. The minimum atomic E-state index is -3.26. The van der Waals surface area contributed by atoms with Crippen LogP contribution in [0.2, 0.25) is 0 Å². The zero-order valence-electron chi connectivity index (χ0n) is 9.62. The lowest BCUT2D eigenvalue weighted by Crippen LogP contribution is -2.23. The van der Waals surface area contributed by atoms with Crippen molar-refractivity contribution in [3.05, 3.63) is 28.2 Å². The lowest BCUT2D eigenvalue weighted by molar-refractivity contribution is 0.592. The van der Waals surface area contributed by atoms with E-state index in [0.717, 1.165) is 16.5 Å². The van der Waals surface area contributed by atoms with Crippen molar-refractivity contribution in [1.29, 1.82) is 0 Å². The minimum Gasteiger partial charge on any atom is -0.283 e. The predicted octanol–water partition coefficient (Wildman–Crippen LogP) is 3.16. The third-order valence-electron chi connectivity index (χ3n) is 2.32. The number of sulfonamides is 1. The molecule has 0 aliphatic carbocycles. The molecule has 0 aromatic heterocycles. The normalized spacial score (nSPS) is 11.8. The lowest BCUT2D eigenvalue weighted by atomic mass is 10.1. The van der Waals surface area contributed by atoms with Crippen LogP contribution < -0.4 is 4.72 Å². The van der Waals surface area contributed by atoms with Gasteiger partial charge in [0.2, 0.25) is 10.0 Å². The molecule has 0 spiro atoms. The summed E-state index contributed by atoms with van der Waals surface area (Å²) in [4.78, 5) is 0. The van der Waals surface area contributed by atoms with Crippen LogP contribution >= 0.6 is 15.9 Å². The Morgan fingerprint density at radius 3 is 2.50 bits per heavy atom. The lowest BCUT2D eigenvalue weighted by Gasteiger charge is -2.14. The van der Waals surface area contributed by atoms with E-state index in [1.165, 1.54) is 0 Å². The van der Waals surface area contributed by atoms with Crippen molar-refractivity contribution in [2.75, 3.05) is 4.72 Å². The molecule has 0 fully saturated rings. The quantitative estimate of drug-likeness (QED) is 0.929. The summed E-state index contributed by atoms with van der Waals surface area (Å²) in [6.07, 6.45) is 0.787. The van der Waals surface area contributed by atoms with Gasteiger partial charge < -0.3 is 0 Å². The molecule has 0 unspecified atom stereocenters. The predicted molar refractivity (Wildman–Crippen MR) is 71.2 cm³/mol. The molecule has 3 nitrogen and oxygen atoms in total. The standard InChI is InChI=1S/C11H16BrNO2S/c1-4-9-7-10(12)5-6-11(9)13-16(14,15)8(2)3/h5-8,13H,4H2,1-3H3. The van der Waals surface area contributed by atoms with Crippen LogP contribution in [0.4, 0.5) is 5.69 Å². The maximum atomic E-state index is 11.7. The van der Waals surface area contributed by atoms with Crippen molar-refractivity contribution in [3.8, 4) is 0 Å². The van der Waals surface area contributed by atoms with Gasteiger partial charge in [-0.15, -0.1) is 0 Å². The van der Waals surface area contributed by atoms with Gasteiger partial charge in [-0.25, -0.2) is 8.42 Å². The van der Waals surface area contributed by atoms with Crippen molar-refractivity contribution in [2.24, 2.45) is 0 Å². The number of rotatable bonds is 4. The van der Waals surface area contributed by atoms with E-state index in [1.54, 1.807) is 19.9 Å². The summed E-state index contributed by atoms with van der Waals surface area (Å²) < 4.78 is 27.0. The summed E-state index contributed by atoms with van der Waals surface area (Å²) in [6.45, 7) is 5.31. The Hall–Kier alpha value is -0.550. The van der Waals surface area contributed by atoms with Gasteiger partial charge in [0.25, 0.3) is 0 Å². The van der Waals surface area contributed by atoms with E-state index in [1.807, 2.05) is 19.1 Å². The van der Waals surface area contributed by atoms with Crippen LogP contribution in [0.5, 0.6) is 0 Å². The smallest absolute Gasteiger partial charge is 0.235 e. The molecule has 0 aliphatic heterocycles. The molecule has 1 rings (SSSR count). The number of anilines is 1. The summed E-state index contributed by atoms with van der Waals surface area (Å²) in [6, 6.07) is 5.54. The van der Waals surface area contributed by atoms with Gasteiger partial charge in [-0.05, 0) is 44.0 Å². The van der Waals surface area contributed by atoms with E-state index in [4.69, 9.17) is 0 Å². The first-order valence-corrected chi connectivity index (χ1v) is 7.50. The van der Waals surface area contributed by atoms with Crippen molar-refractivity contribution in [3.63, 3.8) is 0 Å². The maximum Gasteiger partial charge on any atom is 0.235 e. The van der Waals surface area contributed by atoms with Crippen LogP contribution in [-0.2, 0) is 16.4 Å². The number of hydrogen-bond donors (Lipinski definition) is 1. The highest BCUT2D eigenvalue weighted by Gasteiger charge is 2.16. The van der Waals surface area contributed by atoms with Crippen LogP contribution in [0.25, 0.3) is 0 Å². The van der Waals surface area contributed by atoms with E-state index in [2.05, 4.69) is 20.7 Å². The third kappa shape index (κ3) is 3.22. The number of benzene rings is 1. The molecular weight excluding hydrogens is 290 g/mol. The number of hydrogen-bond acceptors (Lipinski definition) is 2. The van der Waals surface area contributed by atoms with Crippen LogP contribution in [0.3, 0.4) is 0 Å². The molecule has 16 heavy (non-hydrogen) atoms. The third-order valence-corrected chi connectivity index (χ3v) is 4.56. The Labute approximate surface area is 105 Å². The molecule has 0 bridgehead atoms. The van der Waals surface area contributed by atoms with Gasteiger partial charge in [-0.3, -0.25) is 4.72 Å². The van der Waals surface area contributed by atoms with Gasteiger partial charge in [0, 0.05) is 4.47 Å². The maximum absolute atomic E-state index is 11.7. The molecule has 0 saturated carbocycles. The Kier molecular flexibility index (Phi) is 4.38. The Balaban J connectivity index is 3.07. The van der Waals surface area contributed by atoms with Crippen molar-refractivity contribution < 1.29 is 8.42 Å². The van der Waals surface area contributed by atoms with Crippen molar-refractivity contribution in [2.45, 2.75) is 32.4 Å². The molecule has 1 N–H and O–H groups in total. The van der Waals surface area contributed by atoms with Crippen LogP contribution in [0, 0.1) is 0 Å². The van der Waals surface area contributed by atoms with Crippen LogP contribution in [-0.4, -0.2) is 13.7 Å². The highest BCUT2D eigenvalue weighted by Crippen LogP contribution is 2.23. The summed E-state index contributed by atoms with van der Waals surface area (Å²) >= 11 is 3.37. The van der Waals surface area contributed by atoms with Crippen LogP contribution in [0.15, 0.2) is 22.7 Å². The average molecular weight is 306 g/mol. The van der Waals surface area contributed by atoms with E-state index in [0.29, 0.717) is 5.69 Å². The molecule has 0 aliphatic rings. The van der Waals surface area contributed by atoms with Crippen LogP contribution in [0.1, 0.15) is 26.3 Å². The first-order chi connectivity index (χ1) is 7.36. The van der Waals surface area contributed by atoms with Crippen molar-refractivity contribution >= 4 is 31.6 Å². The monoisotopic (exact) mass is 305 g/mol. The molecule has 0 amide bonds. The zero-order valence-corrected chi connectivity index (χ0v) is 12.0. The van der Waals surface area contributed by atoms with E-state index in [9.17, 15) is 8.42 Å². The molecule has 5 heteroatoms. The highest BCUT2D eigenvalue weighted by atomic mass is 79.9. The van der Waals surface area contributed by atoms with Gasteiger partial charge in [0.05, 0.1) is 10.9 Å². The second-order valence-electron chi connectivity index (χ2n) is 3.85. The Morgan fingerprint density at radius 2 is 2.00 bits per heavy atom. The Morgan fingerprint density at radius 1 is 1.38 bits per heavy atom. The van der Waals surface area contributed by atoms with Gasteiger partial charge in [0.15, 0.2) is 0 Å². The second-order valence-corrected chi connectivity index (χ2v) is 7.00. The topological polar surface area (TPSA) is 46.2 Å². The van der Waals surface area contributed by atoms with Gasteiger partial charge in [-0.1, -0.05) is 22.9 Å². The number of aryl methyl sites for hydroxylation is 1. The first kappa shape index (κ1) is 13.5.